The van der Waals surface area contributed by atoms with E-state index in [9.17, 15) is 19.2 Å². The van der Waals surface area contributed by atoms with E-state index in [1.807, 2.05) is 19.1 Å². The number of esters is 1. The number of halogens is 1. The SMILES string of the molecule is COC(=O)CCCCC/C=C/c1cnc(N(C(=O)OC(C)(C)C)C(=O)OC(C)(C)C)c2c(Br)nn(CC[C@@H](C)NC(=O)OC(C)(C)C)c12. The number of allylic oxidation sites excluding steroid dienone is 1. The van der Waals surface area contributed by atoms with Gasteiger partial charge < -0.3 is 24.3 Å². The predicted molar refractivity (Wildman–Crippen MR) is 188 cm³/mol. The van der Waals surface area contributed by atoms with Crippen molar-refractivity contribution in [2.45, 2.75) is 137 Å². The van der Waals surface area contributed by atoms with Gasteiger partial charge in [0.25, 0.3) is 0 Å². The van der Waals surface area contributed by atoms with Gasteiger partial charge in [-0.25, -0.2) is 19.4 Å². The lowest BCUT2D eigenvalue weighted by Gasteiger charge is -2.28. The van der Waals surface area contributed by atoms with Gasteiger partial charge in [0.1, 0.15) is 21.4 Å². The molecule has 0 aromatic carbocycles. The van der Waals surface area contributed by atoms with Crippen LogP contribution in [0.25, 0.3) is 17.0 Å². The third-order valence-corrected chi connectivity index (χ3v) is 6.97. The highest BCUT2D eigenvalue weighted by Gasteiger charge is 2.36. The smallest absolute Gasteiger partial charge is 0.425 e. The molecule has 2 heterocycles. The summed E-state index contributed by atoms with van der Waals surface area (Å²) in [5.41, 5.74) is -1.14. The van der Waals surface area contributed by atoms with Crippen molar-refractivity contribution in [3.05, 3.63) is 22.4 Å². The highest BCUT2D eigenvalue weighted by atomic mass is 79.9. The van der Waals surface area contributed by atoms with Crippen LogP contribution in [0, 0.1) is 0 Å². The zero-order valence-electron chi connectivity index (χ0n) is 30.2. The number of alkyl carbamates (subject to hydrolysis) is 1. The molecule has 0 radical (unpaired) electrons. The Bertz CT molecular complexity index is 1440. The van der Waals surface area contributed by atoms with Crippen molar-refractivity contribution < 1.29 is 38.1 Å². The number of nitrogens with zero attached hydrogens (tertiary/aromatic N) is 4. The average Bonchev–Trinajstić information content (AvgIpc) is 3.25. The van der Waals surface area contributed by atoms with Crippen molar-refractivity contribution in [1.82, 2.24) is 20.1 Å². The first-order valence-corrected chi connectivity index (χ1v) is 16.9. The van der Waals surface area contributed by atoms with Crippen LogP contribution >= 0.6 is 15.9 Å². The molecule has 0 saturated heterocycles. The lowest BCUT2D eigenvalue weighted by Crippen LogP contribution is -2.44. The molecule has 0 spiro atoms. The lowest BCUT2D eigenvalue weighted by molar-refractivity contribution is -0.140. The summed E-state index contributed by atoms with van der Waals surface area (Å²) in [5.74, 6) is -0.230. The molecule has 0 aliphatic carbocycles. The molecule has 2 rings (SSSR count). The fraction of sp³-hybridized carbons (Fsp3) is 0.647. The Labute approximate surface area is 292 Å². The van der Waals surface area contributed by atoms with Crippen LogP contribution in [0.3, 0.4) is 0 Å². The molecule has 1 atom stereocenters. The second kappa shape index (κ2) is 17.1. The van der Waals surface area contributed by atoms with Crippen LogP contribution in [0.5, 0.6) is 0 Å². The van der Waals surface area contributed by atoms with Crippen molar-refractivity contribution in [1.29, 1.82) is 0 Å². The highest BCUT2D eigenvalue weighted by Crippen LogP contribution is 2.36. The third kappa shape index (κ3) is 13.4. The fourth-order valence-electron chi connectivity index (χ4n) is 4.41. The average molecular weight is 739 g/mol. The predicted octanol–water partition coefficient (Wildman–Crippen LogP) is 8.31. The molecule has 0 bridgehead atoms. The van der Waals surface area contributed by atoms with E-state index in [0.29, 0.717) is 40.5 Å². The summed E-state index contributed by atoms with van der Waals surface area (Å²) in [4.78, 5) is 56.2. The zero-order valence-corrected chi connectivity index (χ0v) is 31.8. The Kier molecular flexibility index (Phi) is 14.4. The van der Waals surface area contributed by atoms with Crippen LogP contribution < -0.4 is 10.2 Å². The van der Waals surface area contributed by atoms with Crippen LogP contribution in [0.1, 0.15) is 113 Å². The number of carbonyl (C=O) groups excluding carboxylic acids is 4. The molecule has 2 aromatic rings. The van der Waals surface area contributed by atoms with E-state index in [2.05, 4.69) is 26.2 Å². The number of fused-ring (bicyclic) bond motifs is 1. The number of rotatable bonds is 12. The monoisotopic (exact) mass is 737 g/mol. The van der Waals surface area contributed by atoms with Gasteiger partial charge in [-0.1, -0.05) is 18.6 Å². The molecule has 13 nitrogen and oxygen atoms in total. The Morgan fingerprint density at radius 3 is 2.06 bits per heavy atom. The molecule has 2 aromatic heterocycles. The Balaban J connectivity index is 2.55. The third-order valence-electron chi connectivity index (χ3n) is 6.41. The number of unbranched alkanes of at least 4 members (excludes halogenated alkanes) is 3. The van der Waals surface area contributed by atoms with Crippen LogP contribution in [-0.2, 0) is 30.3 Å². The molecule has 0 aliphatic rings. The van der Waals surface area contributed by atoms with E-state index in [1.165, 1.54) is 7.11 Å². The first-order chi connectivity index (χ1) is 22.1. The van der Waals surface area contributed by atoms with Crippen LogP contribution in [0.4, 0.5) is 20.2 Å². The summed E-state index contributed by atoms with van der Waals surface area (Å²) < 4.78 is 23.4. The van der Waals surface area contributed by atoms with Gasteiger partial charge in [0.2, 0.25) is 0 Å². The van der Waals surface area contributed by atoms with Crippen molar-refractivity contribution in [3.63, 3.8) is 0 Å². The number of aromatic nitrogens is 3. The van der Waals surface area contributed by atoms with Crippen LogP contribution in [0.15, 0.2) is 16.9 Å². The van der Waals surface area contributed by atoms with E-state index >= 15 is 0 Å². The Hall–Kier alpha value is -3.68. The number of carbonyl (C=O) groups is 4. The number of anilines is 1. The van der Waals surface area contributed by atoms with E-state index in [0.717, 1.165) is 30.6 Å². The van der Waals surface area contributed by atoms with E-state index in [1.54, 1.807) is 73.2 Å². The maximum absolute atomic E-state index is 13.5. The van der Waals surface area contributed by atoms with Gasteiger partial charge in [0.05, 0.1) is 18.0 Å². The van der Waals surface area contributed by atoms with Gasteiger partial charge >= 0.3 is 24.2 Å². The highest BCUT2D eigenvalue weighted by molar-refractivity contribution is 9.10. The number of aryl methyl sites for hydroxylation is 1. The Morgan fingerprint density at radius 2 is 1.52 bits per heavy atom. The molecular weight excluding hydrogens is 686 g/mol. The minimum Gasteiger partial charge on any atom is -0.469 e. The number of amides is 3. The molecule has 0 aliphatic heterocycles. The van der Waals surface area contributed by atoms with Gasteiger partial charge in [-0.15, -0.1) is 0 Å². The molecule has 0 saturated carbocycles. The molecular formula is C34H52BrN5O8. The summed E-state index contributed by atoms with van der Waals surface area (Å²) in [6.07, 6.45) is 7.16. The minimum atomic E-state index is -0.948. The lowest BCUT2D eigenvalue weighted by atomic mass is 10.1. The molecule has 14 heteroatoms. The van der Waals surface area contributed by atoms with E-state index < -0.39 is 35.1 Å². The minimum absolute atomic E-state index is 0.00786. The number of hydrogen-bond donors (Lipinski definition) is 1. The Morgan fingerprint density at radius 1 is 0.938 bits per heavy atom. The second-order valence-corrected chi connectivity index (χ2v) is 15.2. The van der Waals surface area contributed by atoms with Gasteiger partial charge in [-0.3, -0.25) is 9.48 Å². The maximum atomic E-state index is 13.5. The summed E-state index contributed by atoms with van der Waals surface area (Å²) in [5, 5.41) is 7.96. The molecule has 268 valence electrons. The van der Waals surface area contributed by atoms with Crippen molar-refractivity contribution in [2.24, 2.45) is 0 Å². The summed E-state index contributed by atoms with van der Waals surface area (Å²) in [7, 11) is 1.38. The summed E-state index contributed by atoms with van der Waals surface area (Å²) in [6.45, 7) is 17.8. The zero-order chi connectivity index (χ0) is 36.4. The second-order valence-electron chi connectivity index (χ2n) is 14.5. The fourth-order valence-corrected chi connectivity index (χ4v) is 4.97. The van der Waals surface area contributed by atoms with Crippen LogP contribution in [0.2, 0.25) is 0 Å². The standard InChI is InChI=1S/C34H52BrN5O8/c1-22(37-29(42)46-32(2,3)4)19-20-39-26-23(17-15-13-12-14-16-18-24(41)45-11)21-36-28(25(26)27(35)38-39)40(30(43)47-33(5,6)7)31(44)48-34(8,9)10/h15,17,21-22H,12-14,16,18-20H2,1-11H3,(H,37,42)/b17-15+/t22-/m1/s1. The number of ether oxygens (including phenoxy) is 4. The summed E-state index contributed by atoms with van der Waals surface area (Å²) >= 11 is 3.55. The van der Waals surface area contributed by atoms with Gasteiger partial charge in [-0.2, -0.15) is 10.00 Å². The quantitative estimate of drug-likeness (QED) is 0.128. The number of pyridine rings is 1. The molecule has 0 unspecified atom stereocenters. The molecule has 3 amide bonds. The first-order valence-electron chi connectivity index (χ1n) is 16.2. The topological polar surface area (TPSA) is 151 Å². The number of methoxy groups -OCH3 is 1. The number of hydrogen-bond acceptors (Lipinski definition) is 10. The van der Waals surface area contributed by atoms with Gasteiger partial charge in [-0.05, 0) is 111 Å². The van der Waals surface area contributed by atoms with Gasteiger partial charge in [0.15, 0.2) is 5.82 Å². The number of imide groups is 1. The first kappa shape index (κ1) is 40.5. The van der Waals surface area contributed by atoms with E-state index in [-0.39, 0.29) is 17.8 Å². The summed E-state index contributed by atoms with van der Waals surface area (Å²) in [6, 6.07) is -0.261. The largest absolute Gasteiger partial charge is 0.469 e. The molecule has 0 fully saturated rings. The van der Waals surface area contributed by atoms with Crippen molar-refractivity contribution >= 4 is 63.0 Å². The van der Waals surface area contributed by atoms with Crippen molar-refractivity contribution in [3.8, 4) is 0 Å². The van der Waals surface area contributed by atoms with Gasteiger partial charge in [0, 0.05) is 30.8 Å². The normalized spacial score (nSPS) is 12.9. The molecule has 48 heavy (non-hydrogen) atoms. The maximum Gasteiger partial charge on any atom is 0.425 e. The number of nitrogens with one attached hydrogen (secondary N) is 1. The van der Waals surface area contributed by atoms with Crippen molar-refractivity contribution in [2.75, 3.05) is 12.0 Å². The van der Waals surface area contributed by atoms with E-state index in [4.69, 9.17) is 24.0 Å². The molecule has 1 N–H and O–H groups in total. The van der Waals surface area contributed by atoms with Crippen LogP contribution in [-0.4, -0.2) is 69.0 Å².